The minimum Gasteiger partial charge on any atom is -0.494 e. The summed E-state index contributed by atoms with van der Waals surface area (Å²) in [7, 11) is 0. The standard InChI is InChI=1S/C24H25NO2S/c1-3-27-22-15-13-20(14-16-22)18(2)25-24(26)21-11-9-19(10-12-21)17-28-23-7-5-4-6-8-23/h4-16,18H,3,17H2,1-2H3,(H,25,26)/t18-/m0/s1. The molecule has 0 unspecified atom stereocenters. The third-order valence-corrected chi connectivity index (χ3v) is 5.49. The van der Waals surface area contributed by atoms with Crippen molar-refractivity contribution >= 4 is 17.7 Å². The molecule has 0 heterocycles. The summed E-state index contributed by atoms with van der Waals surface area (Å²) in [6.07, 6.45) is 0. The van der Waals surface area contributed by atoms with Crippen LogP contribution in [-0.2, 0) is 5.75 Å². The summed E-state index contributed by atoms with van der Waals surface area (Å²) in [5, 5.41) is 3.06. The molecule has 144 valence electrons. The Morgan fingerprint density at radius 2 is 1.64 bits per heavy atom. The van der Waals surface area contributed by atoms with Crippen LogP contribution in [0.1, 0.15) is 41.4 Å². The number of benzene rings is 3. The van der Waals surface area contributed by atoms with Gasteiger partial charge in [0.15, 0.2) is 0 Å². The van der Waals surface area contributed by atoms with Crippen molar-refractivity contribution in [2.24, 2.45) is 0 Å². The number of hydrogen-bond acceptors (Lipinski definition) is 3. The maximum atomic E-state index is 12.5. The molecule has 1 amide bonds. The minimum atomic E-state index is -0.0727. The fraction of sp³-hybridized carbons (Fsp3) is 0.208. The molecule has 0 aliphatic rings. The Morgan fingerprint density at radius 3 is 2.29 bits per heavy atom. The van der Waals surface area contributed by atoms with Gasteiger partial charge in [-0.25, -0.2) is 0 Å². The smallest absolute Gasteiger partial charge is 0.251 e. The molecule has 0 fully saturated rings. The first kappa shape index (κ1) is 20.0. The zero-order chi connectivity index (χ0) is 19.8. The van der Waals surface area contributed by atoms with Crippen molar-refractivity contribution in [1.82, 2.24) is 5.32 Å². The average molecular weight is 392 g/mol. The summed E-state index contributed by atoms with van der Waals surface area (Å²) in [6.45, 7) is 4.59. The van der Waals surface area contributed by atoms with Crippen LogP contribution >= 0.6 is 11.8 Å². The predicted octanol–water partition coefficient (Wildman–Crippen LogP) is 5.87. The molecule has 3 nitrogen and oxygen atoms in total. The summed E-state index contributed by atoms with van der Waals surface area (Å²) < 4.78 is 5.46. The second-order valence-electron chi connectivity index (χ2n) is 6.50. The molecule has 1 atom stereocenters. The normalized spacial score (nSPS) is 11.6. The van der Waals surface area contributed by atoms with Crippen LogP contribution in [0.5, 0.6) is 5.75 Å². The van der Waals surface area contributed by atoms with Gasteiger partial charge in [0.2, 0.25) is 0 Å². The van der Waals surface area contributed by atoms with Crippen LogP contribution in [0.4, 0.5) is 0 Å². The molecule has 0 aromatic heterocycles. The lowest BCUT2D eigenvalue weighted by molar-refractivity contribution is 0.0940. The van der Waals surface area contributed by atoms with Gasteiger partial charge in [0.05, 0.1) is 12.6 Å². The summed E-state index contributed by atoms with van der Waals surface area (Å²) in [4.78, 5) is 13.8. The van der Waals surface area contributed by atoms with E-state index in [9.17, 15) is 4.79 Å². The third-order valence-electron chi connectivity index (χ3n) is 4.40. The van der Waals surface area contributed by atoms with Crippen LogP contribution < -0.4 is 10.1 Å². The molecule has 1 N–H and O–H groups in total. The quantitative estimate of drug-likeness (QED) is 0.488. The first-order valence-electron chi connectivity index (χ1n) is 9.46. The zero-order valence-corrected chi connectivity index (χ0v) is 17.0. The maximum absolute atomic E-state index is 12.5. The van der Waals surface area contributed by atoms with Gasteiger partial charge in [-0.3, -0.25) is 4.79 Å². The van der Waals surface area contributed by atoms with Gasteiger partial charge in [0.25, 0.3) is 5.91 Å². The predicted molar refractivity (Wildman–Crippen MR) is 116 cm³/mol. The lowest BCUT2D eigenvalue weighted by Gasteiger charge is -2.15. The number of ether oxygens (including phenoxy) is 1. The molecule has 0 bridgehead atoms. The van der Waals surface area contributed by atoms with Gasteiger partial charge >= 0.3 is 0 Å². The highest BCUT2D eigenvalue weighted by molar-refractivity contribution is 7.98. The zero-order valence-electron chi connectivity index (χ0n) is 16.2. The van der Waals surface area contributed by atoms with Crippen molar-refractivity contribution in [3.05, 3.63) is 95.6 Å². The van der Waals surface area contributed by atoms with E-state index in [-0.39, 0.29) is 11.9 Å². The Balaban J connectivity index is 1.55. The van der Waals surface area contributed by atoms with E-state index in [0.29, 0.717) is 12.2 Å². The minimum absolute atomic E-state index is 0.0661. The van der Waals surface area contributed by atoms with Crippen LogP contribution in [0.25, 0.3) is 0 Å². The molecule has 0 aliphatic carbocycles. The molecule has 0 saturated heterocycles. The lowest BCUT2D eigenvalue weighted by atomic mass is 10.1. The Labute approximate surface area is 171 Å². The van der Waals surface area contributed by atoms with Gasteiger partial charge in [-0.05, 0) is 61.4 Å². The van der Waals surface area contributed by atoms with Crippen molar-refractivity contribution in [2.45, 2.75) is 30.5 Å². The fourth-order valence-electron chi connectivity index (χ4n) is 2.82. The molecular formula is C24H25NO2S. The highest BCUT2D eigenvalue weighted by atomic mass is 32.2. The van der Waals surface area contributed by atoms with Crippen LogP contribution in [0.15, 0.2) is 83.8 Å². The highest BCUT2D eigenvalue weighted by Gasteiger charge is 2.11. The average Bonchev–Trinajstić information content (AvgIpc) is 2.74. The Morgan fingerprint density at radius 1 is 0.964 bits per heavy atom. The van der Waals surface area contributed by atoms with Crippen molar-refractivity contribution in [1.29, 1.82) is 0 Å². The van der Waals surface area contributed by atoms with Crippen molar-refractivity contribution in [2.75, 3.05) is 6.61 Å². The molecule has 4 heteroatoms. The van der Waals surface area contributed by atoms with Crippen molar-refractivity contribution < 1.29 is 9.53 Å². The van der Waals surface area contributed by atoms with E-state index in [1.807, 2.05) is 80.6 Å². The topological polar surface area (TPSA) is 38.3 Å². The van der Waals surface area contributed by atoms with Gasteiger partial charge in [-0.2, -0.15) is 0 Å². The fourth-order valence-corrected chi connectivity index (χ4v) is 3.69. The SMILES string of the molecule is CCOc1ccc([C@H](C)NC(=O)c2ccc(CSc3ccccc3)cc2)cc1. The van der Waals surface area contributed by atoms with E-state index in [1.165, 1.54) is 10.5 Å². The Hall–Kier alpha value is -2.72. The van der Waals surface area contributed by atoms with E-state index in [2.05, 4.69) is 17.4 Å². The van der Waals surface area contributed by atoms with E-state index < -0.39 is 0 Å². The van der Waals surface area contributed by atoms with Gasteiger partial charge in [0.1, 0.15) is 5.75 Å². The number of thioether (sulfide) groups is 1. The van der Waals surface area contributed by atoms with E-state index in [1.54, 1.807) is 11.8 Å². The molecule has 0 spiro atoms. The summed E-state index contributed by atoms with van der Waals surface area (Å²) >= 11 is 1.79. The second kappa shape index (κ2) is 10.00. The summed E-state index contributed by atoms with van der Waals surface area (Å²) in [6, 6.07) is 25.9. The largest absolute Gasteiger partial charge is 0.494 e. The maximum Gasteiger partial charge on any atom is 0.251 e. The third kappa shape index (κ3) is 5.64. The molecular weight excluding hydrogens is 366 g/mol. The molecule has 0 saturated carbocycles. The van der Waals surface area contributed by atoms with Gasteiger partial charge in [-0.15, -0.1) is 11.8 Å². The molecule has 3 rings (SSSR count). The Kier molecular flexibility index (Phi) is 7.15. The summed E-state index contributed by atoms with van der Waals surface area (Å²) in [5.41, 5.74) is 2.92. The van der Waals surface area contributed by atoms with Crippen LogP contribution in [0, 0.1) is 0 Å². The van der Waals surface area contributed by atoms with Gasteiger partial charge in [0, 0.05) is 16.2 Å². The molecule has 0 aliphatic heterocycles. The van der Waals surface area contributed by atoms with Crippen LogP contribution in [0.3, 0.4) is 0 Å². The number of amides is 1. The first-order chi connectivity index (χ1) is 13.7. The van der Waals surface area contributed by atoms with E-state index >= 15 is 0 Å². The summed E-state index contributed by atoms with van der Waals surface area (Å²) in [5.74, 6) is 1.66. The highest BCUT2D eigenvalue weighted by Crippen LogP contribution is 2.23. The number of nitrogens with one attached hydrogen (secondary N) is 1. The molecule has 3 aromatic rings. The Bertz CT molecular complexity index is 877. The van der Waals surface area contributed by atoms with Crippen LogP contribution in [0.2, 0.25) is 0 Å². The number of carbonyl (C=O) groups is 1. The molecule has 0 radical (unpaired) electrons. The molecule has 28 heavy (non-hydrogen) atoms. The first-order valence-corrected chi connectivity index (χ1v) is 10.4. The monoisotopic (exact) mass is 391 g/mol. The van der Waals surface area contributed by atoms with Crippen LogP contribution in [-0.4, -0.2) is 12.5 Å². The van der Waals surface area contributed by atoms with Crippen molar-refractivity contribution in [3.8, 4) is 5.75 Å². The van der Waals surface area contributed by atoms with Crippen molar-refractivity contribution in [3.63, 3.8) is 0 Å². The number of rotatable bonds is 8. The molecule has 3 aromatic carbocycles. The van der Waals surface area contributed by atoms with E-state index in [0.717, 1.165) is 17.1 Å². The van der Waals surface area contributed by atoms with Gasteiger partial charge < -0.3 is 10.1 Å². The van der Waals surface area contributed by atoms with E-state index in [4.69, 9.17) is 4.74 Å². The lowest BCUT2D eigenvalue weighted by Crippen LogP contribution is -2.26. The number of carbonyl (C=O) groups excluding carboxylic acids is 1. The van der Waals surface area contributed by atoms with Gasteiger partial charge in [-0.1, -0.05) is 42.5 Å². The number of hydrogen-bond donors (Lipinski definition) is 1. The second-order valence-corrected chi connectivity index (χ2v) is 7.54.